The topological polar surface area (TPSA) is 60.4 Å². The first-order valence-corrected chi connectivity index (χ1v) is 11.2. The first-order chi connectivity index (χ1) is 13.6. The zero-order valence-electron chi connectivity index (χ0n) is 17.8. The fourth-order valence-corrected chi connectivity index (χ4v) is 8.51. The van der Waals surface area contributed by atoms with Gasteiger partial charge in [0.25, 0.3) is 0 Å². The number of hydrogen-bond acceptors (Lipinski definition) is 4. The Bertz CT molecular complexity index is 848. The van der Waals surface area contributed by atoms with Gasteiger partial charge in [0.1, 0.15) is 6.17 Å². The molecule has 5 heteroatoms. The number of ether oxygens (including phenoxy) is 1. The van der Waals surface area contributed by atoms with Crippen molar-refractivity contribution in [3.63, 3.8) is 0 Å². The molecule has 0 aromatic carbocycles. The molecule has 2 unspecified atom stereocenters. The minimum absolute atomic E-state index is 0.0823. The largest absolute Gasteiger partial charge is 0.451 e. The molecular formula is C24H31FO4. The van der Waals surface area contributed by atoms with E-state index in [4.69, 9.17) is 4.74 Å². The number of Topliss-reactive ketones (excluding diaryl/α,β-unsaturated/α-hetero) is 1. The van der Waals surface area contributed by atoms with Crippen molar-refractivity contribution < 1.29 is 23.5 Å². The van der Waals surface area contributed by atoms with Crippen LogP contribution in [0.4, 0.5) is 4.39 Å². The summed E-state index contributed by atoms with van der Waals surface area (Å²) in [5.74, 6) is 0.647. The second-order valence-corrected chi connectivity index (χ2v) is 10.8. The van der Waals surface area contributed by atoms with Crippen LogP contribution in [0.25, 0.3) is 0 Å². The molecule has 0 N–H and O–H groups in total. The highest BCUT2D eigenvalue weighted by Crippen LogP contribution is 2.72. The van der Waals surface area contributed by atoms with Crippen molar-refractivity contribution in [3.8, 4) is 0 Å². The van der Waals surface area contributed by atoms with Gasteiger partial charge in [-0.15, -0.1) is 0 Å². The number of hydrogen-bond donors (Lipinski definition) is 0. The molecule has 0 radical (unpaired) electrons. The number of carbonyl (C=O) groups excluding carboxylic acids is 3. The van der Waals surface area contributed by atoms with Crippen LogP contribution in [0.3, 0.4) is 0 Å². The van der Waals surface area contributed by atoms with Gasteiger partial charge in [0, 0.05) is 18.3 Å². The Morgan fingerprint density at radius 2 is 1.76 bits per heavy atom. The molecule has 0 amide bonds. The number of fused-ring (bicyclic) bond motifs is 7. The van der Waals surface area contributed by atoms with Crippen molar-refractivity contribution >= 4 is 17.5 Å². The monoisotopic (exact) mass is 402 g/mol. The Kier molecular flexibility index (Phi) is 3.88. The van der Waals surface area contributed by atoms with E-state index in [0.717, 1.165) is 31.3 Å². The van der Waals surface area contributed by atoms with Crippen LogP contribution in [0, 0.1) is 40.4 Å². The van der Waals surface area contributed by atoms with Gasteiger partial charge in [-0.2, -0.15) is 0 Å². The van der Waals surface area contributed by atoms with Gasteiger partial charge >= 0.3 is 5.97 Å². The molecule has 5 rings (SSSR count). The number of rotatable bonds is 2. The summed E-state index contributed by atoms with van der Waals surface area (Å²) in [6.07, 6.45) is 4.88. The normalized spacial score (nSPS) is 52.4. The van der Waals surface area contributed by atoms with Crippen LogP contribution in [0.15, 0.2) is 11.6 Å². The fraction of sp³-hybridized carbons (Fsp3) is 0.792. The Labute approximate surface area is 171 Å². The Balaban J connectivity index is 1.55. The van der Waals surface area contributed by atoms with Gasteiger partial charge in [0.2, 0.25) is 0 Å². The van der Waals surface area contributed by atoms with E-state index in [-0.39, 0.29) is 40.7 Å². The Morgan fingerprint density at radius 3 is 2.41 bits per heavy atom. The minimum atomic E-state index is -1.09. The maximum Gasteiger partial charge on any atom is 0.303 e. The van der Waals surface area contributed by atoms with Crippen molar-refractivity contribution in [3.05, 3.63) is 11.6 Å². The Hall–Kier alpha value is -1.52. The summed E-state index contributed by atoms with van der Waals surface area (Å²) in [7, 11) is 0. The quantitative estimate of drug-likeness (QED) is 0.649. The van der Waals surface area contributed by atoms with Gasteiger partial charge in [0.15, 0.2) is 17.2 Å². The van der Waals surface area contributed by atoms with Crippen LogP contribution in [0.1, 0.15) is 66.2 Å². The van der Waals surface area contributed by atoms with E-state index >= 15 is 4.39 Å². The van der Waals surface area contributed by atoms with Crippen molar-refractivity contribution in [2.75, 3.05) is 0 Å². The van der Waals surface area contributed by atoms with E-state index < -0.39 is 23.2 Å². The number of alkyl halides is 1. The summed E-state index contributed by atoms with van der Waals surface area (Å²) in [5.41, 5.74) is -1.04. The number of carbonyl (C=O) groups is 3. The molecule has 4 saturated carbocycles. The van der Waals surface area contributed by atoms with E-state index in [1.54, 1.807) is 6.08 Å². The molecule has 29 heavy (non-hydrogen) atoms. The van der Waals surface area contributed by atoms with Gasteiger partial charge in [-0.3, -0.25) is 14.4 Å². The van der Waals surface area contributed by atoms with E-state index in [9.17, 15) is 14.4 Å². The molecular weight excluding hydrogens is 371 g/mol. The average Bonchev–Trinajstić information content (AvgIpc) is 3.39. The van der Waals surface area contributed by atoms with E-state index in [1.165, 1.54) is 13.8 Å². The van der Waals surface area contributed by atoms with Crippen LogP contribution in [-0.2, 0) is 19.1 Å². The highest BCUT2D eigenvalue weighted by Gasteiger charge is 2.71. The van der Waals surface area contributed by atoms with E-state index in [1.807, 2.05) is 0 Å². The Morgan fingerprint density at radius 1 is 1.07 bits per heavy atom. The summed E-state index contributed by atoms with van der Waals surface area (Å²) in [4.78, 5) is 37.0. The van der Waals surface area contributed by atoms with Gasteiger partial charge in [0.05, 0.1) is 0 Å². The molecule has 4 fully saturated rings. The predicted octanol–water partition coefficient (Wildman–Crippen LogP) is 4.21. The third-order valence-electron chi connectivity index (χ3n) is 9.88. The van der Waals surface area contributed by atoms with Gasteiger partial charge in [-0.05, 0) is 86.2 Å². The predicted molar refractivity (Wildman–Crippen MR) is 105 cm³/mol. The average molecular weight is 403 g/mol. The van der Waals surface area contributed by atoms with E-state index in [2.05, 4.69) is 13.8 Å². The van der Waals surface area contributed by atoms with Crippen LogP contribution >= 0.6 is 0 Å². The summed E-state index contributed by atoms with van der Waals surface area (Å²) >= 11 is 0. The molecule has 158 valence electrons. The SMILES string of the molecule is CC(=O)O[C@@]1(C(C)=O)CC[C@H]2[C@@H]3C[C@@H](F)C4=CC(=O)C5CC5[C@@]4(C)[C@@H]3CC[C@@]21C. The summed E-state index contributed by atoms with van der Waals surface area (Å²) in [5, 5.41) is 0. The second kappa shape index (κ2) is 5.79. The number of halogens is 1. The summed E-state index contributed by atoms with van der Waals surface area (Å²) < 4.78 is 21.2. The molecule has 0 aliphatic heterocycles. The molecule has 5 aliphatic carbocycles. The highest BCUT2D eigenvalue weighted by molar-refractivity contribution is 5.96. The van der Waals surface area contributed by atoms with Crippen LogP contribution < -0.4 is 0 Å². The molecule has 9 atom stereocenters. The van der Waals surface area contributed by atoms with Crippen molar-refractivity contribution in [1.82, 2.24) is 0 Å². The zero-order chi connectivity index (χ0) is 20.9. The smallest absolute Gasteiger partial charge is 0.303 e. The lowest BCUT2D eigenvalue weighted by molar-refractivity contribution is -0.188. The molecule has 4 nitrogen and oxygen atoms in total. The lowest BCUT2D eigenvalue weighted by Gasteiger charge is -2.59. The fourth-order valence-electron chi connectivity index (χ4n) is 8.51. The summed E-state index contributed by atoms with van der Waals surface area (Å²) in [6.45, 7) is 7.19. The second-order valence-electron chi connectivity index (χ2n) is 10.8. The van der Waals surface area contributed by atoms with Crippen molar-refractivity contribution in [2.24, 2.45) is 40.4 Å². The maximum atomic E-state index is 15.5. The minimum Gasteiger partial charge on any atom is -0.451 e. The van der Waals surface area contributed by atoms with Gasteiger partial charge in [-0.1, -0.05) is 13.8 Å². The number of ketones is 2. The first-order valence-electron chi connectivity index (χ1n) is 11.2. The first kappa shape index (κ1) is 19.4. The van der Waals surface area contributed by atoms with Crippen LogP contribution in [0.5, 0.6) is 0 Å². The van der Waals surface area contributed by atoms with Gasteiger partial charge < -0.3 is 4.74 Å². The number of esters is 1. The lowest BCUT2D eigenvalue weighted by Crippen LogP contribution is -2.60. The number of allylic oxidation sites excluding steroid dienone is 1. The third kappa shape index (κ3) is 2.22. The zero-order valence-corrected chi connectivity index (χ0v) is 17.8. The standard InChI is InChI=1S/C24H31FO4/c1-12(26)24(29-13(2)27)8-6-16-14-10-20(25)19-11-21(28)15-9-18(15)23(19,4)17(14)5-7-22(16,24)3/h11,14-18,20H,5-10H2,1-4H3/t14-,15?,16-,17+,18?,20+,22-,23+,24+/m0/s1. The molecule has 0 heterocycles. The van der Waals surface area contributed by atoms with Crippen molar-refractivity contribution in [1.29, 1.82) is 0 Å². The highest BCUT2D eigenvalue weighted by atomic mass is 19.1. The molecule has 0 spiro atoms. The summed E-state index contributed by atoms with van der Waals surface area (Å²) in [6, 6.07) is 0. The molecule has 0 bridgehead atoms. The maximum absolute atomic E-state index is 15.5. The molecule has 5 aliphatic rings. The molecule has 0 aromatic heterocycles. The molecule has 0 saturated heterocycles. The molecule has 0 aromatic rings. The van der Waals surface area contributed by atoms with Crippen LogP contribution in [-0.4, -0.2) is 29.3 Å². The van der Waals surface area contributed by atoms with E-state index in [0.29, 0.717) is 18.8 Å². The van der Waals surface area contributed by atoms with Gasteiger partial charge in [-0.25, -0.2) is 4.39 Å². The third-order valence-corrected chi connectivity index (χ3v) is 9.88. The lowest BCUT2D eigenvalue weighted by atomic mass is 9.45. The van der Waals surface area contributed by atoms with Crippen LogP contribution in [0.2, 0.25) is 0 Å². The van der Waals surface area contributed by atoms with Crippen molar-refractivity contribution in [2.45, 2.75) is 78.0 Å².